The summed E-state index contributed by atoms with van der Waals surface area (Å²) in [5.74, 6) is -0.271. The fourth-order valence-corrected chi connectivity index (χ4v) is 2.27. The molecule has 5 nitrogen and oxygen atoms in total. The first-order valence-electron chi connectivity index (χ1n) is 6.55. The van der Waals surface area contributed by atoms with E-state index in [1.807, 2.05) is 0 Å². The fourth-order valence-electron chi connectivity index (χ4n) is 1.51. The van der Waals surface area contributed by atoms with Crippen LogP contribution in [-0.4, -0.2) is 44.6 Å². The molecular formula is C14H21NO4Si. The Labute approximate surface area is 120 Å². The summed E-state index contributed by atoms with van der Waals surface area (Å²) in [5, 5.41) is 0. The predicted octanol–water partition coefficient (Wildman–Crippen LogP) is 2.16. The summed E-state index contributed by atoms with van der Waals surface area (Å²) in [7, 11) is -1.17. The number of carbonyl (C=O) groups is 2. The first-order valence-corrected chi connectivity index (χ1v) is 10.3. The zero-order chi connectivity index (χ0) is 15.0. The van der Waals surface area contributed by atoms with E-state index >= 15 is 0 Å². The first kappa shape index (κ1) is 16.5. The van der Waals surface area contributed by atoms with Crippen LogP contribution in [0.4, 0.5) is 0 Å². The molecule has 0 fully saturated rings. The number of ether oxygens (including phenoxy) is 2. The van der Waals surface area contributed by atoms with Gasteiger partial charge < -0.3 is 9.47 Å². The molecule has 0 radical (unpaired) electrons. The van der Waals surface area contributed by atoms with E-state index in [0.717, 1.165) is 6.04 Å². The average molecular weight is 295 g/mol. The molecule has 0 amide bonds. The van der Waals surface area contributed by atoms with E-state index in [9.17, 15) is 9.59 Å². The SMILES string of the molecule is C[Si](C)(C)CCOCC(OC=O)C(=O)c1ccncc1. The Balaban J connectivity index is 2.52. The van der Waals surface area contributed by atoms with Crippen molar-refractivity contribution in [3.05, 3.63) is 30.1 Å². The third-order valence-electron chi connectivity index (χ3n) is 2.74. The summed E-state index contributed by atoms with van der Waals surface area (Å²) in [6, 6.07) is 4.18. The van der Waals surface area contributed by atoms with Gasteiger partial charge in [-0.2, -0.15) is 0 Å². The molecule has 1 atom stereocenters. The number of ketones is 1. The summed E-state index contributed by atoms with van der Waals surface area (Å²) in [5.41, 5.74) is 0.459. The van der Waals surface area contributed by atoms with Gasteiger partial charge in [0.1, 0.15) is 0 Å². The lowest BCUT2D eigenvalue weighted by atomic mass is 10.1. The van der Waals surface area contributed by atoms with Crippen LogP contribution in [0.15, 0.2) is 24.5 Å². The van der Waals surface area contributed by atoms with Crippen molar-refractivity contribution in [3.63, 3.8) is 0 Å². The lowest BCUT2D eigenvalue weighted by Crippen LogP contribution is -2.30. The molecule has 0 saturated heterocycles. The Kier molecular flexibility index (Phi) is 6.54. The van der Waals surface area contributed by atoms with Crippen LogP contribution in [-0.2, 0) is 14.3 Å². The van der Waals surface area contributed by atoms with Crippen LogP contribution in [0.3, 0.4) is 0 Å². The number of pyridine rings is 1. The van der Waals surface area contributed by atoms with Crippen molar-refractivity contribution in [2.45, 2.75) is 31.8 Å². The molecular weight excluding hydrogens is 274 g/mol. The smallest absolute Gasteiger partial charge is 0.293 e. The molecule has 0 N–H and O–H groups in total. The number of Topliss-reactive ketones (excluding diaryl/α,β-unsaturated/α-hetero) is 1. The van der Waals surface area contributed by atoms with E-state index < -0.39 is 14.2 Å². The summed E-state index contributed by atoms with van der Waals surface area (Å²) in [6.45, 7) is 7.70. The third kappa shape index (κ3) is 6.07. The highest BCUT2D eigenvalue weighted by Crippen LogP contribution is 2.09. The molecule has 0 aliphatic rings. The molecule has 1 aromatic heterocycles. The van der Waals surface area contributed by atoms with Gasteiger partial charge in [0, 0.05) is 32.6 Å². The van der Waals surface area contributed by atoms with E-state index in [4.69, 9.17) is 9.47 Å². The second-order valence-corrected chi connectivity index (χ2v) is 11.3. The number of hydrogen-bond acceptors (Lipinski definition) is 5. The van der Waals surface area contributed by atoms with Crippen molar-refractivity contribution in [3.8, 4) is 0 Å². The van der Waals surface area contributed by atoms with E-state index in [2.05, 4.69) is 24.6 Å². The molecule has 6 heteroatoms. The van der Waals surface area contributed by atoms with Crippen LogP contribution >= 0.6 is 0 Å². The number of hydrogen-bond donors (Lipinski definition) is 0. The highest BCUT2D eigenvalue weighted by atomic mass is 28.3. The monoisotopic (exact) mass is 295 g/mol. The van der Waals surface area contributed by atoms with Crippen molar-refractivity contribution >= 4 is 20.3 Å². The zero-order valence-corrected chi connectivity index (χ0v) is 13.2. The Morgan fingerprint density at radius 2 is 2.00 bits per heavy atom. The Hall–Kier alpha value is -1.53. The Bertz CT molecular complexity index is 431. The molecule has 1 heterocycles. The molecule has 110 valence electrons. The summed E-state index contributed by atoms with van der Waals surface area (Å²) < 4.78 is 10.3. The summed E-state index contributed by atoms with van der Waals surface area (Å²) >= 11 is 0. The molecule has 0 bridgehead atoms. The van der Waals surface area contributed by atoms with Crippen molar-refractivity contribution in [2.75, 3.05) is 13.2 Å². The van der Waals surface area contributed by atoms with Gasteiger partial charge in [-0.1, -0.05) is 19.6 Å². The molecule has 0 spiro atoms. The van der Waals surface area contributed by atoms with Gasteiger partial charge >= 0.3 is 0 Å². The van der Waals surface area contributed by atoms with Gasteiger partial charge in [0.2, 0.25) is 5.78 Å². The van der Waals surface area contributed by atoms with E-state index in [0.29, 0.717) is 12.2 Å². The third-order valence-corrected chi connectivity index (χ3v) is 4.45. The van der Waals surface area contributed by atoms with E-state index in [-0.39, 0.29) is 18.9 Å². The van der Waals surface area contributed by atoms with Gasteiger partial charge in [-0.3, -0.25) is 14.6 Å². The molecule has 1 unspecified atom stereocenters. The van der Waals surface area contributed by atoms with Crippen LogP contribution in [0.5, 0.6) is 0 Å². The fraction of sp³-hybridized carbons (Fsp3) is 0.500. The van der Waals surface area contributed by atoms with E-state index in [1.165, 1.54) is 12.4 Å². The Morgan fingerprint density at radius 1 is 1.35 bits per heavy atom. The minimum atomic E-state index is -1.17. The van der Waals surface area contributed by atoms with Crippen molar-refractivity contribution in [2.24, 2.45) is 0 Å². The second kappa shape index (κ2) is 7.91. The molecule has 0 aromatic carbocycles. The van der Waals surface area contributed by atoms with Gasteiger partial charge in [-0.15, -0.1) is 0 Å². The van der Waals surface area contributed by atoms with Gasteiger partial charge in [0.05, 0.1) is 6.61 Å². The Morgan fingerprint density at radius 3 is 2.55 bits per heavy atom. The van der Waals surface area contributed by atoms with Crippen molar-refractivity contribution < 1.29 is 19.1 Å². The van der Waals surface area contributed by atoms with Crippen LogP contribution < -0.4 is 0 Å². The summed E-state index contributed by atoms with van der Waals surface area (Å²) in [4.78, 5) is 26.5. The van der Waals surface area contributed by atoms with Crippen molar-refractivity contribution in [1.29, 1.82) is 0 Å². The molecule has 1 aromatic rings. The minimum Gasteiger partial charge on any atom is -0.454 e. The number of carbonyl (C=O) groups excluding carboxylic acids is 2. The van der Waals surface area contributed by atoms with Crippen LogP contribution in [0.25, 0.3) is 0 Å². The maximum Gasteiger partial charge on any atom is 0.293 e. The highest BCUT2D eigenvalue weighted by molar-refractivity contribution is 6.76. The summed E-state index contributed by atoms with van der Waals surface area (Å²) in [6.07, 6.45) is 2.16. The molecule has 0 aliphatic carbocycles. The lowest BCUT2D eigenvalue weighted by Gasteiger charge is -2.18. The quantitative estimate of drug-likeness (QED) is 0.302. The second-order valence-electron chi connectivity index (χ2n) is 5.71. The van der Waals surface area contributed by atoms with Crippen molar-refractivity contribution in [1.82, 2.24) is 4.98 Å². The predicted molar refractivity (Wildman–Crippen MR) is 78.5 cm³/mol. The van der Waals surface area contributed by atoms with Crippen LogP contribution in [0, 0.1) is 0 Å². The van der Waals surface area contributed by atoms with Gasteiger partial charge in [-0.25, -0.2) is 0 Å². The van der Waals surface area contributed by atoms with Crippen LogP contribution in [0.2, 0.25) is 25.7 Å². The number of aromatic nitrogens is 1. The minimum absolute atomic E-state index is 0.0877. The largest absolute Gasteiger partial charge is 0.454 e. The van der Waals surface area contributed by atoms with Gasteiger partial charge in [-0.05, 0) is 18.2 Å². The van der Waals surface area contributed by atoms with Gasteiger partial charge in [0.25, 0.3) is 6.47 Å². The van der Waals surface area contributed by atoms with Crippen LogP contribution in [0.1, 0.15) is 10.4 Å². The average Bonchev–Trinajstić information content (AvgIpc) is 2.41. The lowest BCUT2D eigenvalue weighted by molar-refractivity contribution is -0.134. The maximum absolute atomic E-state index is 12.1. The zero-order valence-electron chi connectivity index (χ0n) is 12.2. The maximum atomic E-state index is 12.1. The molecule has 20 heavy (non-hydrogen) atoms. The topological polar surface area (TPSA) is 65.5 Å². The van der Waals surface area contributed by atoms with E-state index in [1.54, 1.807) is 12.1 Å². The highest BCUT2D eigenvalue weighted by Gasteiger charge is 2.22. The molecule has 0 saturated carbocycles. The normalized spacial score (nSPS) is 12.8. The number of rotatable bonds is 9. The van der Waals surface area contributed by atoms with Gasteiger partial charge in [0.15, 0.2) is 6.10 Å². The molecule has 0 aliphatic heterocycles. The standard InChI is InChI=1S/C14H21NO4Si/c1-20(2,3)9-8-18-10-13(19-11-16)14(17)12-4-6-15-7-5-12/h4-7,11,13H,8-10H2,1-3H3. The first-order chi connectivity index (χ1) is 9.44. The number of nitrogens with zero attached hydrogens (tertiary/aromatic N) is 1. The molecule has 1 rings (SSSR count).